The van der Waals surface area contributed by atoms with Crippen LogP contribution in [-0.4, -0.2) is 55.5 Å². The number of carbonyl (C=O) groups is 1. The van der Waals surface area contributed by atoms with Crippen molar-refractivity contribution in [1.29, 1.82) is 0 Å². The van der Waals surface area contributed by atoms with Gasteiger partial charge in [-0.15, -0.1) is 0 Å². The zero-order valence-corrected chi connectivity index (χ0v) is 20.8. The van der Waals surface area contributed by atoms with Gasteiger partial charge in [0.15, 0.2) is 0 Å². The summed E-state index contributed by atoms with van der Waals surface area (Å²) in [6.07, 6.45) is 5.10. The molecule has 0 aromatic heterocycles. The van der Waals surface area contributed by atoms with Crippen LogP contribution in [0.1, 0.15) is 48.8 Å². The molecule has 184 valence electrons. The number of aryl methyl sites for hydroxylation is 1. The summed E-state index contributed by atoms with van der Waals surface area (Å²) in [5.41, 5.74) is 3.57. The highest BCUT2D eigenvalue weighted by molar-refractivity contribution is 7.89. The Balaban J connectivity index is 1.19. The Morgan fingerprint density at radius 3 is 2.29 bits per heavy atom. The Morgan fingerprint density at radius 1 is 0.882 bits per heavy atom. The van der Waals surface area contributed by atoms with Crippen LogP contribution < -0.4 is 5.32 Å². The zero-order chi connectivity index (χ0) is 23.8. The summed E-state index contributed by atoms with van der Waals surface area (Å²) >= 11 is 0. The van der Waals surface area contributed by atoms with Crippen molar-refractivity contribution in [2.45, 2.75) is 51.6 Å². The van der Waals surface area contributed by atoms with Crippen LogP contribution in [0.2, 0.25) is 0 Å². The number of piperidine rings is 1. The number of amides is 1. The van der Waals surface area contributed by atoms with Crippen molar-refractivity contribution in [1.82, 2.24) is 14.5 Å². The Morgan fingerprint density at radius 2 is 1.56 bits per heavy atom. The van der Waals surface area contributed by atoms with Crippen LogP contribution in [-0.2, 0) is 34.3 Å². The van der Waals surface area contributed by atoms with Crippen molar-refractivity contribution in [2.75, 3.05) is 31.9 Å². The van der Waals surface area contributed by atoms with Gasteiger partial charge in [0.1, 0.15) is 0 Å². The van der Waals surface area contributed by atoms with E-state index in [1.54, 1.807) is 4.31 Å². The van der Waals surface area contributed by atoms with Crippen molar-refractivity contribution in [3.63, 3.8) is 0 Å². The molecule has 1 N–H and O–H groups in total. The minimum absolute atomic E-state index is 0.0334. The summed E-state index contributed by atoms with van der Waals surface area (Å²) in [5.74, 6) is 0.0709. The third-order valence-electron chi connectivity index (χ3n) is 6.99. The lowest BCUT2D eigenvalue weighted by Crippen LogP contribution is -2.43. The normalized spacial score (nSPS) is 18.2. The number of hydrogen-bond acceptors (Lipinski definition) is 4. The van der Waals surface area contributed by atoms with Gasteiger partial charge in [-0.2, -0.15) is 0 Å². The predicted octanol–water partition coefficient (Wildman–Crippen LogP) is 3.57. The Hall–Kier alpha value is -2.22. The zero-order valence-electron chi connectivity index (χ0n) is 20.0. The monoisotopic (exact) mass is 483 g/mol. The Labute approximate surface area is 204 Å². The molecule has 7 heteroatoms. The first kappa shape index (κ1) is 24.9. The maximum atomic E-state index is 12.7. The van der Waals surface area contributed by atoms with Gasteiger partial charge in [-0.3, -0.25) is 9.69 Å². The van der Waals surface area contributed by atoms with Crippen LogP contribution in [0.5, 0.6) is 0 Å². The fraction of sp³-hybridized carbons (Fsp3) is 0.519. The lowest BCUT2D eigenvalue weighted by Gasteiger charge is -2.30. The molecule has 0 radical (unpaired) electrons. The van der Waals surface area contributed by atoms with Crippen LogP contribution in [0.25, 0.3) is 0 Å². The van der Waals surface area contributed by atoms with E-state index >= 15 is 0 Å². The molecule has 0 atom stereocenters. The number of nitrogens with zero attached hydrogens (tertiary/aromatic N) is 2. The van der Waals surface area contributed by atoms with Gasteiger partial charge in [-0.05, 0) is 68.3 Å². The summed E-state index contributed by atoms with van der Waals surface area (Å²) in [4.78, 5) is 15.2. The van der Waals surface area contributed by atoms with Gasteiger partial charge < -0.3 is 5.32 Å². The first-order chi connectivity index (χ1) is 16.5. The summed E-state index contributed by atoms with van der Waals surface area (Å²) in [6, 6.07) is 18.4. The number of likely N-dealkylation sites (tertiary alicyclic amines) is 1. The lowest BCUT2D eigenvalue weighted by atomic mass is 9.97. The molecule has 0 saturated carbocycles. The van der Waals surface area contributed by atoms with E-state index in [4.69, 9.17) is 0 Å². The van der Waals surface area contributed by atoms with Crippen molar-refractivity contribution in [2.24, 2.45) is 5.92 Å². The molecule has 0 unspecified atom stereocenters. The van der Waals surface area contributed by atoms with E-state index < -0.39 is 10.0 Å². The van der Waals surface area contributed by atoms with Crippen LogP contribution >= 0.6 is 0 Å². The van der Waals surface area contributed by atoms with Gasteiger partial charge in [0.25, 0.3) is 0 Å². The Kier molecular flexibility index (Phi) is 8.75. The highest BCUT2D eigenvalue weighted by Gasteiger charge is 2.30. The van der Waals surface area contributed by atoms with Crippen molar-refractivity contribution in [3.8, 4) is 0 Å². The van der Waals surface area contributed by atoms with E-state index in [0.717, 1.165) is 24.1 Å². The van der Waals surface area contributed by atoms with Gasteiger partial charge in [0.05, 0.1) is 5.75 Å². The molecule has 6 nitrogen and oxygen atoms in total. The molecule has 34 heavy (non-hydrogen) atoms. The van der Waals surface area contributed by atoms with E-state index in [-0.39, 0.29) is 17.6 Å². The average Bonchev–Trinajstić information content (AvgIpc) is 3.36. The third kappa shape index (κ3) is 7.14. The second kappa shape index (κ2) is 12.0. The minimum Gasteiger partial charge on any atom is -0.352 e. The molecule has 2 aromatic rings. The molecule has 0 aliphatic carbocycles. The molecule has 1 amide bonds. The largest absolute Gasteiger partial charge is 0.352 e. The van der Waals surface area contributed by atoms with Crippen LogP contribution in [0.15, 0.2) is 54.6 Å². The predicted molar refractivity (Wildman–Crippen MR) is 136 cm³/mol. The van der Waals surface area contributed by atoms with Gasteiger partial charge in [-0.25, -0.2) is 12.7 Å². The lowest BCUT2D eigenvalue weighted by molar-refractivity contribution is -0.126. The molecule has 0 spiro atoms. The standard InChI is InChI=1S/C27H37N3O3S/c31-27(28-21-24-10-6-11-25(20-24)22-29-15-4-5-16-29)26-13-17-30(18-14-26)34(32,33)19-7-12-23-8-2-1-3-9-23/h1-3,6,8-11,20,26H,4-5,7,12-19,21-22H2,(H,28,31). The van der Waals surface area contributed by atoms with E-state index in [9.17, 15) is 13.2 Å². The molecule has 2 aromatic carbocycles. The smallest absolute Gasteiger partial charge is 0.223 e. The van der Waals surface area contributed by atoms with Gasteiger partial charge >= 0.3 is 0 Å². The number of hydrogen-bond donors (Lipinski definition) is 1. The topological polar surface area (TPSA) is 69.7 Å². The number of benzene rings is 2. The van der Waals surface area contributed by atoms with Gasteiger partial charge in [0.2, 0.25) is 15.9 Å². The highest BCUT2D eigenvalue weighted by atomic mass is 32.2. The summed E-state index contributed by atoms with van der Waals surface area (Å²) < 4.78 is 27.1. The minimum atomic E-state index is -3.28. The van der Waals surface area contributed by atoms with E-state index in [1.807, 2.05) is 30.3 Å². The fourth-order valence-corrected chi connectivity index (χ4v) is 6.53. The van der Waals surface area contributed by atoms with E-state index in [1.165, 1.54) is 31.5 Å². The summed E-state index contributed by atoms with van der Waals surface area (Å²) in [7, 11) is -3.28. The third-order valence-corrected chi connectivity index (χ3v) is 8.95. The van der Waals surface area contributed by atoms with Crippen molar-refractivity contribution in [3.05, 3.63) is 71.3 Å². The van der Waals surface area contributed by atoms with Crippen molar-refractivity contribution >= 4 is 15.9 Å². The molecule has 4 rings (SSSR count). The van der Waals surface area contributed by atoms with Gasteiger partial charge in [0, 0.05) is 32.1 Å². The number of sulfonamides is 1. The number of nitrogens with one attached hydrogen (secondary N) is 1. The van der Waals surface area contributed by atoms with Crippen LogP contribution in [0.4, 0.5) is 0 Å². The average molecular weight is 484 g/mol. The number of rotatable bonds is 10. The molecule has 2 saturated heterocycles. The maximum absolute atomic E-state index is 12.7. The second-order valence-electron chi connectivity index (χ2n) is 9.60. The molecule has 2 heterocycles. The first-order valence-electron chi connectivity index (χ1n) is 12.6. The van der Waals surface area contributed by atoms with Gasteiger partial charge in [-0.1, -0.05) is 54.6 Å². The summed E-state index contributed by atoms with van der Waals surface area (Å²) in [6.45, 7) is 4.68. The van der Waals surface area contributed by atoms with Crippen LogP contribution in [0, 0.1) is 5.92 Å². The van der Waals surface area contributed by atoms with E-state index in [0.29, 0.717) is 38.9 Å². The second-order valence-corrected chi connectivity index (χ2v) is 11.7. The molecule has 0 bridgehead atoms. The fourth-order valence-electron chi connectivity index (χ4n) is 5.00. The molecular weight excluding hydrogens is 446 g/mol. The molecule has 2 aliphatic rings. The van der Waals surface area contributed by atoms with E-state index in [2.05, 4.69) is 34.5 Å². The Bertz CT molecular complexity index is 1030. The SMILES string of the molecule is O=C(NCc1cccc(CN2CCCC2)c1)C1CCN(S(=O)(=O)CCCc2ccccc2)CC1. The number of carbonyl (C=O) groups excluding carboxylic acids is 1. The highest BCUT2D eigenvalue weighted by Crippen LogP contribution is 2.21. The molecular formula is C27H37N3O3S. The summed E-state index contributed by atoms with van der Waals surface area (Å²) in [5, 5.41) is 3.08. The quantitative estimate of drug-likeness (QED) is 0.561. The molecule has 2 aliphatic heterocycles. The molecule has 2 fully saturated rings. The first-order valence-corrected chi connectivity index (χ1v) is 14.2. The van der Waals surface area contributed by atoms with Crippen molar-refractivity contribution < 1.29 is 13.2 Å². The van der Waals surface area contributed by atoms with Crippen LogP contribution in [0.3, 0.4) is 0 Å². The maximum Gasteiger partial charge on any atom is 0.223 e.